The van der Waals surface area contributed by atoms with Crippen molar-refractivity contribution in [3.05, 3.63) is 35.4 Å². The van der Waals surface area contributed by atoms with Gasteiger partial charge in [0.1, 0.15) is 6.61 Å². The van der Waals surface area contributed by atoms with Crippen molar-refractivity contribution in [2.75, 3.05) is 0 Å². The van der Waals surface area contributed by atoms with Gasteiger partial charge in [-0.25, -0.2) is 0 Å². The van der Waals surface area contributed by atoms with Crippen molar-refractivity contribution < 1.29 is 22.7 Å². The molecule has 0 saturated heterocycles. The summed E-state index contributed by atoms with van der Waals surface area (Å²) >= 11 is 0. The number of halogens is 3. The maximum absolute atomic E-state index is 12.4. The molecule has 0 fully saturated rings. The molecule has 2 nitrogen and oxygen atoms in total. The van der Waals surface area contributed by atoms with Crippen LogP contribution in [0.4, 0.5) is 13.2 Å². The summed E-state index contributed by atoms with van der Waals surface area (Å²) in [4.78, 5) is 10.5. The van der Waals surface area contributed by atoms with E-state index in [2.05, 4.69) is 4.74 Å². The highest BCUT2D eigenvalue weighted by molar-refractivity contribution is 5.65. The molecule has 0 aromatic heterocycles. The minimum absolute atomic E-state index is 0.0415. The fraction of sp³-hybridized carbons (Fsp3) is 0.300. The molecule has 0 aliphatic rings. The fourth-order valence-electron chi connectivity index (χ4n) is 1.10. The summed E-state index contributed by atoms with van der Waals surface area (Å²) in [6.45, 7) is 0.793. The predicted molar refractivity (Wildman–Crippen MR) is 46.9 cm³/mol. The van der Waals surface area contributed by atoms with Gasteiger partial charge >= 0.3 is 12.1 Å². The third kappa shape index (κ3) is 3.27. The van der Waals surface area contributed by atoms with Gasteiger partial charge in [0.05, 0.1) is 5.56 Å². The molecule has 0 amide bonds. The summed E-state index contributed by atoms with van der Waals surface area (Å²) in [6.07, 6.45) is -4.42. The van der Waals surface area contributed by atoms with Crippen molar-refractivity contribution in [3.8, 4) is 0 Å². The lowest BCUT2D eigenvalue weighted by molar-refractivity contribution is -0.145. The van der Waals surface area contributed by atoms with E-state index in [4.69, 9.17) is 0 Å². The molecule has 5 heteroatoms. The van der Waals surface area contributed by atoms with Gasteiger partial charge < -0.3 is 4.74 Å². The molecule has 0 aliphatic heterocycles. The molecule has 0 unspecified atom stereocenters. The summed E-state index contributed by atoms with van der Waals surface area (Å²) in [5.74, 6) is -0.605. The quantitative estimate of drug-likeness (QED) is 0.713. The van der Waals surface area contributed by atoms with Crippen LogP contribution in [0.25, 0.3) is 0 Å². The largest absolute Gasteiger partial charge is 0.461 e. The Morgan fingerprint density at radius 1 is 1.33 bits per heavy atom. The summed E-state index contributed by atoms with van der Waals surface area (Å²) < 4.78 is 41.8. The second-order valence-electron chi connectivity index (χ2n) is 2.94. The zero-order valence-electron chi connectivity index (χ0n) is 7.97. The van der Waals surface area contributed by atoms with Crippen molar-refractivity contribution >= 4 is 5.97 Å². The minimum Gasteiger partial charge on any atom is -0.461 e. The Morgan fingerprint density at radius 2 is 1.93 bits per heavy atom. The van der Waals surface area contributed by atoms with Crippen LogP contribution in [0, 0.1) is 0 Å². The topological polar surface area (TPSA) is 26.3 Å². The molecular formula is C10H9F3O2. The van der Waals surface area contributed by atoms with Gasteiger partial charge in [0.15, 0.2) is 0 Å². The monoisotopic (exact) mass is 218 g/mol. The van der Waals surface area contributed by atoms with Gasteiger partial charge in [0.2, 0.25) is 0 Å². The lowest BCUT2D eigenvalue weighted by Gasteiger charge is -2.11. The van der Waals surface area contributed by atoms with Gasteiger partial charge in [-0.1, -0.05) is 18.2 Å². The number of carbonyl (C=O) groups is 1. The van der Waals surface area contributed by atoms with Gasteiger partial charge in [-0.2, -0.15) is 13.2 Å². The molecule has 0 N–H and O–H groups in total. The van der Waals surface area contributed by atoms with E-state index < -0.39 is 17.7 Å². The van der Waals surface area contributed by atoms with Crippen LogP contribution >= 0.6 is 0 Å². The number of benzene rings is 1. The van der Waals surface area contributed by atoms with Crippen LogP contribution in [-0.4, -0.2) is 5.97 Å². The van der Waals surface area contributed by atoms with Crippen LogP contribution in [0.15, 0.2) is 24.3 Å². The number of ether oxygens (including phenoxy) is 1. The second kappa shape index (κ2) is 4.33. The first-order chi connectivity index (χ1) is 6.91. The van der Waals surface area contributed by atoms with E-state index in [1.165, 1.54) is 18.2 Å². The summed E-state index contributed by atoms with van der Waals surface area (Å²) in [5.41, 5.74) is -0.813. The predicted octanol–water partition coefficient (Wildman–Crippen LogP) is 2.77. The Hall–Kier alpha value is -1.52. The van der Waals surface area contributed by atoms with E-state index >= 15 is 0 Å². The molecule has 1 rings (SSSR count). The van der Waals surface area contributed by atoms with Gasteiger partial charge in [0.25, 0.3) is 0 Å². The minimum atomic E-state index is -4.42. The van der Waals surface area contributed by atoms with E-state index in [1.54, 1.807) is 0 Å². The van der Waals surface area contributed by atoms with Crippen molar-refractivity contribution in [3.63, 3.8) is 0 Å². The van der Waals surface area contributed by atoms with E-state index in [-0.39, 0.29) is 12.2 Å². The number of esters is 1. The number of hydrogen-bond acceptors (Lipinski definition) is 2. The first-order valence-electron chi connectivity index (χ1n) is 4.19. The molecule has 0 bridgehead atoms. The van der Waals surface area contributed by atoms with E-state index in [0.717, 1.165) is 13.0 Å². The molecule has 1 aromatic rings. The molecule has 0 spiro atoms. The van der Waals surface area contributed by atoms with Gasteiger partial charge in [-0.05, 0) is 6.07 Å². The summed E-state index contributed by atoms with van der Waals surface area (Å²) in [7, 11) is 0. The van der Waals surface area contributed by atoms with Crippen LogP contribution in [0.3, 0.4) is 0 Å². The SMILES string of the molecule is CC(=O)OCc1ccccc1C(F)(F)F. The maximum Gasteiger partial charge on any atom is 0.416 e. The zero-order chi connectivity index (χ0) is 11.5. The lowest BCUT2D eigenvalue weighted by atomic mass is 10.1. The standard InChI is InChI=1S/C10H9F3O2/c1-7(14)15-6-8-4-2-3-5-9(8)10(11,12)13/h2-5H,6H2,1H3. The average Bonchev–Trinajstić information content (AvgIpc) is 2.13. The van der Waals surface area contributed by atoms with Crippen LogP contribution < -0.4 is 0 Å². The Bertz CT molecular complexity index is 358. The number of alkyl halides is 3. The van der Waals surface area contributed by atoms with Crippen molar-refractivity contribution in [1.82, 2.24) is 0 Å². The van der Waals surface area contributed by atoms with Gasteiger partial charge in [-0.3, -0.25) is 4.79 Å². The average molecular weight is 218 g/mol. The number of carbonyl (C=O) groups excluding carboxylic acids is 1. The Kier molecular flexibility index (Phi) is 3.34. The van der Waals surface area contributed by atoms with Crippen molar-refractivity contribution in [2.45, 2.75) is 19.7 Å². The molecule has 0 saturated carbocycles. The molecule has 0 heterocycles. The normalized spacial score (nSPS) is 11.2. The molecule has 82 valence electrons. The fourth-order valence-corrected chi connectivity index (χ4v) is 1.10. The zero-order valence-corrected chi connectivity index (χ0v) is 7.97. The van der Waals surface area contributed by atoms with Crippen LogP contribution in [0.5, 0.6) is 0 Å². The third-order valence-electron chi connectivity index (χ3n) is 1.75. The molecular weight excluding hydrogens is 209 g/mol. The van der Waals surface area contributed by atoms with E-state index in [0.29, 0.717) is 0 Å². The molecule has 0 radical (unpaired) electrons. The Balaban J connectivity index is 2.92. The van der Waals surface area contributed by atoms with Gasteiger partial charge in [-0.15, -0.1) is 0 Å². The number of rotatable bonds is 2. The molecule has 0 atom stereocenters. The first-order valence-corrected chi connectivity index (χ1v) is 4.19. The van der Waals surface area contributed by atoms with Crippen LogP contribution in [-0.2, 0) is 22.3 Å². The van der Waals surface area contributed by atoms with Crippen molar-refractivity contribution in [2.24, 2.45) is 0 Å². The van der Waals surface area contributed by atoms with Crippen LogP contribution in [0.2, 0.25) is 0 Å². The highest BCUT2D eigenvalue weighted by atomic mass is 19.4. The highest BCUT2D eigenvalue weighted by Crippen LogP contribution is 2.32. The summed E-state index contributed by atoms with van der Waals surface area (Å²) in [6, 6.07) is 5.00. The first kappa shape index (κ1) is 11.6. The van der Waals surface area contributed by atoms with Gasteiger partial charge in [0, 0.05) is 12.5 Å². The Labute approximate surface area is 84.7 Å². The smallest absolute Gasteiger partial charge is 0.416 e. The number of hydrogen-bond donors (Lipinski definition) is 0. The van der Waals surface area contributed by atoms with E-state index in [9.17, 15) is 18.0 Å². The van der Waals surface area contributed by atoms with Crippen LogP contribution in [0.1, 0.15) is 18.1 Å². The molecule has 0 aliphatic carbocycles. The maximum atomic E-state index is 12.4. The molecule has 1 aromatic carbocycles. The Morgan fingerprint density at radius 3 is 2.47 bits per heavy atom. The van der Waals surface area contributed by atoms with Crippen molar-refractivity contribution in [1.29, 1.82) is 0 Å². The lowest BCUT2D eigenvalue weighted by Crippen LogP contribution is -2.10. The third-order valence-corrected chi connectivity index (χ3v) is 1.75. The second-order valence-corrected chi connectivity index (χ2v) is 2.94. The highest BCUT2D eigenvalue weighted by Gasteiger charge is 2.32. The summed E-state index contributed by atoms with van der Waals surface area (Å²) in [5, 5.41) is 0. The molecule has 15 heavy (non-hydrogen) atoms. The van der Waals surface area contributed by atoms with E-state index in [1.807, 2.05) is 0 Å².